The molecule has 0 aromatic heterocycles. The van der Waals surface area contributed by atoms with Gasteiger partial charge in [-0.15, -0.1) is 0 Å². The fourth-order valence-corrected chi connectivity index (χ4v) is 1.55. The van der Waals surface area contributed by atoms with E-state index < -0.39 is 0 Å². The molecule has 1 atom stereocenters. The molecule has 0 aromatic carbocycles. The highest BCUT2D eigenvalue weighted by molar-refractivity contribution is 5.76. The third kappa shape index (κ3) is 4.92. The molecule has 1 aliphatic rings. The van der Waals surface area contributed by atoms with E-state index in [4.69, 9.17) is 9.47 Å². The van der Waals surface area contributed by atoms with Crippen LogP contribution in [0.2, 0.25) is 0 Å². The van der Waals surface area contributed by atoms with Gasteiger partial charge < -0.3 is 19.7 Å². The van der Waals surface area contributed by atoms with Crippen molar-refractivity contribution in [1.29, 1.82) is 0 Å². The lowest BCUT2D eigenvalue weighted by atomic mass is 10.3. The zero-order valence-electron chi connectivity index (χ0n) is 10.2. The topological polar surface area (TPSA) is 50.8 Å². The van der Waals surface area contributed by atoms with Crippen LogP contribution in [-0.2, 0) is 14.3 Å². The van der Waals surface area contributed by atoms with Gasteiger partial charge in [0.15, 0.2) is 0 Å². The number of methoxy groups -OCH3 is 1. The molecule has 1 unspecified atom stereocenters. The van der Waals surface area contributed by atoms with Crippen LogP contribution in [0.15, 0.2) is 0 Å². The van der Waals surface area contributed by atoms with Gasteiger partial charge in [-0.1, -0.05) is 0 Å². The standard InChI is InChI=1S/C11H22N2O3/c1-10(15-2)9-12-4-3-11(14)13-5-7-16-8-6-13/h10,12H,3-9H2,1-2H3. The van der Waals surface area contributed by atoms with Gasteiger partial charge in [0.25, 0.3) is 0 Å². The molecule has 0 spiro atoms. The van der Waals surface area contributed by atoms with E-state index in [2.05, 4.69) is 5.32 Å². The molecule has 1 rings (SSSR count). The smallest absolute Gasteiger partial charge is 0.224 e. The van der Waals surface area contributed by atoms with E-state index in [1.807, 2.05) is 11.8 Å². The number of hydrogen-bond acceptors (Lipinski definition) is 4. The van der Waals surface area contributed by atoms with Crippen LogP contribution in [-0.4, -0.2) is 63.4 Å². The maximum absolute atomic E-state index is 11.7. The Morgan fingerprint density at radius 2 is 2.19 bits per heavy atom. The number of amides is 1. The van der Waals surface area contributed by atoms with E-state index in [1.54, 1.807) is 7.11 Å². The SMILES string of the molecule is COC(C)CNCCC(=O)N1CCOCC1. The van der Waals surface area contributed by atoms with E-state index in [1.165, 1.54) is 0 Å². The Kier molecular flexibility index (Phi) is 6.37. The van der Waals surface area contributed by atoms with Crippen LogP contribution in [0, 0.1) is 0 Å². The summed E-state index contributed by atoms with van der Waals surface area (Å²) in [5.41, 5.74) is 0. The molecule has 16 heavy (non-hydrogen) atoms. The van der Waals surface area contributed by atoms with Crippen LogP contribution in [0.4, 0.5) is 0 Å². The molecule has 5 nitrogen and oxygen atoms in total. The van der Waals surface area contributed by atoms with Gasteiger partial charge in [0, 0.05) is 39.7 Å². The van der Waals surface area contributed by atoms with Crippen molar-refractivity contribution < 1.29 is 14.3 Å². The summed E-state index contributed by atoms with van der Waals surface area (Å²) in [5, 5.41) is 3.20. The summed E-state index contributed by atoms with van der Waals surface area (Å²) in [5.74, 6) is 0.209. The number of ether oxygens (including phenoxy) is 2. The molecule has 0 saturated carbocycles. The molecular formula is C11H22N2O3. The second kappa shape index (κ2) is 7.60. The van der Waals surface area contributed by atoms with Gasteiger partial charge in [-0.05, 0) is 6.92 Å². The van der Waals surface area contributed by atoms with E-state index >= 15 is 0 Å². The molecule has 0 aromatic rings. The normalized spacial score (nSPS) is 18.5. The number of nitrogens with one attached hydrogen (secondary N) is 1. The number of nitrogens with zero attached hydrogens (tertiary/aromatic N) is 1. The summed E-state index contributed by atoms with van der Waals surface area (Å²) in [7, 11) is 1.69. The Morgan fingerprint density at radius 1 is 1.50 bits per heavy atom. The average molecular weight is 230 g/mol. The first-order chi connectivity index (χ1) is 7.74. The summed E-state index contributed by atoms with van der Waals surface area (Å²) < 4.78 is 10.3. The van der Waals surface area contributed by atoms with E-state index in [9.17, 15) is 4.79 Å². The van der Waals surface area contributed by atoms with Crippen LogP contribution in [0.25, 0.3) is 0 Å². The predicted octanol–water partition coefficient (Wildman–Crippen LogP) is -0.140. The summed E-state index contributed by atoms with van der Waals surface area (Å²) in [6.07, 6.45) is 0.745. The zero-order valence-corrected chi connectivity index (χ0v) is 10.2. The van der Waals surface area contributed by atoms with Crippen molar-refractivity contribution in [2.75, 3.05) is 46.5 Å². The second-order valence-electron chi connectivity index (χ2n) is 3.99. The number of morpholine rings is 1. The largest absolute Gasteiger partial charge is 0.380 e. The maximum atomic E-state index is 11.7. The van der Waals surface area contributed by atoms with Crippen molar-refractivity contribution in [1.82, 2.24) is 10.2 Å². The maximum Gasteiger partial charge on any atom is 0.224 e. The van der Waals surface area contributed by atoms with Crippen LogP contribution in [0.1, 0.15) is 13.3 Å². The van der Waals surface area contributed by atoms with Crippen molar-refractivity contribution in [2.24, 2.45) is 0 Å². The quantitative estimate of drug-likeness (QED) is 0.645. The first-order valence-electron chi connectivity index (χ1n) is 5.83. The summed E-state index contributed by atoms with van der Waals surface area (Å²) in [4.78, 5) is 13.6. The molecule has 1 saturated heterocycles. The fraction of sp³-hybridized carbons (Fsp3) is 0.909. The van der Waals surface area contributed by atoms with Gasteiger partial charge in [0.05, 0.1) is 19.3 Å². The van der Waals surface area contributed by atoms with Crippen LogP contribution < -0.4 is 5.32 Å². The molecule has 1 N–H and O–H groups in total. The van der Waals surface area contributed by atoms with Crippen LogP contribution in [0.5, 0.6) is 0 Å². The lowest BCUT2D eigenvalue weighted by Gasteiger charge is -2.26. The highest BCUT2D eigenvalue weighted by atomic mass is 16.5. The van der Waals surface area contributed by atoms with E-state index in [-0.39, 0.29) is 12.0 Å². The van der Waals surface area contributed by atoms with E-state index in [0.717, 1.165) is 19.6 Å². The van der Waals surface area contributed by atoms with E-state index in [0.29, 0.717) is 26.2 Å². The third-order valence-corrected chi connectivity index (χ3v) is 2.71. The van der Waals surface area contributed by atoms with Gasteiger partial charge in [0.1, 0.15) is 0 Å². The van der Waals surface area contributed by atoms with Gasteiger partial charge in [-0.3, -0.25) is 4.79 Å². The number of rotatable bonds is 6. The monoisotopic (exact) mass is 230 g/mol. The first-order valence-corrected chi connectivity index (χ1v) is 5.83. The Hall–Kier alpha value is -0.650. The molecule has 1 aliphatic heterocycles. The highest BCUT2D eigenvalue weighted by Crippen LogP contribution is 1.99. The van der Waals surface area contributed by atoms with Crippen molar-refractivity contribution in [2.45, 2.75) is 19.4 Å². The molecule has 1 heterocycles. The fourth-order valence-electron chi connectivity index (χ4n) is 1.55. The molecule has 1 amide bonds. The Labute approximate surface area is 97.1 Å². The van der Waals surface area contributed by atoms with Crippen LogP contribution >= 0.6 is 0 Å². The molecule has 94 valence electrons. The molecule has 0 bridgehead atoms. The second-order valence-corrected chi connectivity index (χ2v) is 3.99. The minimum absolute atomic E-state index is 0.193. The third-order valence-electron chi connectivity index (χ3n) is 2.71. The van der Waals surface area contributed by atoms with Gasteiger partial charge in [-0.2, -0.15) is 0 Å². The molecular weight excluding hydrogens is 208 g/mol. The van der Waals surface area contributed by atoms with Gasteiger partial charge in [-0.25, -0.2) is 0 Å². The Morgan fingerprint density at radius 3 is 2.81 bits per heavy atom. The summed E-state index contributed by atoms with van der Waals surface area (Å²) in [6.45, 7) is 6.29. The number of carbonyl (C=O) groups is 1. The van der Waals surface area contributed by atoms with Gasteiger partial charge in [0.2, 0.25) is 5.91 Å². The highest BCUT2D eigenvalue weighted by Gasteiger charge is 2.15. The molecule has 1 fully saturated rings. The van der Waals surface area contributed by atoms with Crippen molar-refractivity contribution >= 4 is 5.91 Å². The zero-order chi connectivity index (χ0) is 11.8. The Bertz CT molecular complexity index is 205. The Balaban J connectivity index is 2.05. The van der Waals surface area contributed by atoms with Crippen LogP contribution in [0.3, 0.4) is 0 Å². The first kappa shape index (κ1) is 13.4. The van der Waals surface area contributed by atoms with Crippen molar-refractivity contribution in [3.05, 3.63) is 0 Å². The number of hydrogen-bond donors (Lipinski definition) is 1. The molecule has 0 radical (unpaired) electrons. The summed E-state index contributed by atoms with van der Waals surface area (Å²) >= 11 is 0. The number of carbonyl (C=O) groups excluding carboxylic acids is 1. The van der Waals surface area contributed by atoms with Crippen molar-refractivity contribution in [3.8, 4) is 0 Å². The minimum atomic E-state index is 0.193. The lowest BCUT2D eigenvalue weighted by molar-refractivity contribution is -0.135. The average Bonchev–Trinajstić information content (AvgIpc) is 2.35. The van der Waals surface area contributed by atoms with Crippen molar-refractivity contribution in [3.63, 3.8) is 0 Å². The molecule has 0 aliphatic carbocycles. The molecule has 5 heteroatoms. The predicted molar refractivity (Wildman–Crippen MR) is 61.4 cm³/mol. The van der Waals surface area contributed by atoms with Gasteiger partial charge >= 0.3 is 0 Å². The minimum Gasteiger partial charge on any atom is -0.380 e. The lowest BCUT2D eigenvalue weighted by Crippen LogP contribution is -2.42. The summed E-state index contributed by atoms with van der Waals surface area (Å²) in [6, 6.07) is 0.